The van der Waals surface area contributed by atoms with Crippen LogP contribution in [0.1, 0.15) is 0 Å². The number of benzene rings is 1. The van der Waals surface area contributed by atoms with Crippen LogP contribution in [0.3, 0.4) is 0 Å². The lowest BCUT2D eigenvalue weighted by atomic mass is 10.1. The molecule has 0 atom stereocenters. The van der Waals surface area contributed by atoms with Gasteiger partial charge in [0.2, 0.25) is 0 Å². The molecule has 0 saturated heterocycles. The fraction of sp³-hybridized carbons (Fsp3) is 0. The van der Waals surface area contributed by atoms with E-state index in [2.05, 4.69) is 4.98 Å². The van der Waals surface area contributed by atoms with E-state index >= 15 is 0 Å². The summed E-state index contributed by atoms with van der Waals surface area (Å²) in [7, 11) is 0. The molecule has 0 saturated carbocycles. The van der Waals surface area contributed by atoms with Crippen LogP contribution in [0, 0.1) is 5.82 Å². The molecule has 0 amide bonds. The average molecular weight is 208 g/mol. The summed E-state index contributed by atoms with van der Waals surface area (Å²) in [5, 5.41) is 0.630. The van der Waals surface area contributed by atoms with Crippen LogP contribution in [-0.2, 0) is 0 Å². The number of aromatic nitrogens is 1. The quantitative estimate of drug-likeness (QED) is 0.697. The van der Waals surface area contributed by atoms with E-state index in [1.165, 1.54) is 6.07 Å². The molecule has 0 aliphatic heterocycles. The summed E-state index contributed by atoms with van der Waals surface area (Å²) in [6, 6.07) is 9.86. The molecule has 3 heteroatoms. The summed E-state index contributed by atoms with van der Waals surface area (Å²) in [6.45, 7) is 0. The van der Waals surface area contributed by atoms with Crippen molar-refractivity contribution in [2.45, 2.75) is 0 Å². The maximum atomic E-state index is 13.3. The van der Waals surface area contributed by atoms with Crippen molar-refractivity contribution in [3.63, 3.8) is 0 Å². The smallest absolute Gasteiger partial charge is 0.149 e. The molecule has 0 N–H and O–H groups in total. The Morgan fingerprint density at radius 2 is 1.79 bits per heavy atom. The van der Waals surface area contributed by atoms with Crippen molar-refractivity contribution in [3.05, 3.63) is 53.4 Å². The van der Waals surface area contributed by atoms with Gasteiger partial charge in [-0.3, -0.25) is 4.98 Å². The second-order valence-electron chi connectivity index (χ2n) is 2.84. The second kappa shape index (κ2) is 3.76. The summed E-state index contributed by atoms with van der Waals surface area (Å²) < 4.78 is 13.3. The van der Waals surface area contributed by atoms with Gasteiger partial charge >= 0.3 is 0 Å². The van der Waals surface area contributed by atoms with Crippen molar-refractivity contribution in [3.8, 4) is 11.3 Å². The normalized spacial score (nSPS) is 10.1. The molecule has 0 bridgehead atoms. The Hall–Kier alpha value is -1.41. The topological polar surface area (TPSA) is 12.9 Å². The van der Waals surface area contributed by atoms with Crippen LogP contribution >= 0.6 is 11.6 Å². The molecule has 1 aromatic carbocycles. The Morgan fingerprint density at radius 1 is 1.07 bits per heavy atom. The third kappa shape index (κ3) is 1.75. The standard InChI is InChI=1S/C11H7ClFN/c12-9-5-3-8(4-6-9)11-10(13)2-1-7-14-11/h1-7H. The first-order chi connectivity index (χ1) is 6.77. The van der Waals surface area contributed by atoms with Crippen molar-refractivity contribution >= 4 is 11.6 Å². The lowest BCUT2D eigenvalue weighted by molar-refractivity contribution is 0.626. The summed E-state index contributed by atoms with van der Waals surface area (Å²) in [4.78, 5) is 3.96. The first kappa shape index (κ1) is 9.16. The van der Waals surface area contributed by atoms with Gasteiger partial charge in [-0.2, -0.15) is 0 Å². The minimum atomic E-state index is -0.324. The van der Waals surface area contributed by atoms with Crippen LogP contribution in [0.5, 0.6) is 0 Å². The SMILES string of the molecule is Fc1cccnc1-c1ccc(Cl)cc1. The zero-order valence-electron chi connectivity index (χ0n) is 7.24. The number of nitrogens with zero attached hydrogens (tertiary/aromatic N) is 1. The van der Waals surface area contributed by atoms with Crippen LogP contribution in [0.4, 0.5) is 4.39 Å². The van der Waals surface area contributed by atoms with Gasteiger partial charge in [0.25, 0.3) is 0 Å². The summed E-state index contributed by atoms with van der Waals surface area (Å²) in [6.07, 6.45) is 1.56. The minimum absolute atomic E-state index is 0.324. The van der Waals surface area contributed by atoms with E-state index in [0.717, 1.165) is 5.56 Å². The molecule has 1 aromatic heterocycles. The molecule has 1 heterocycles. The monoisotopic (exact) mass is 207 g/mol. The van der Waals surface area contributed by atoms with Crippen LogP contribution in [-0.4, -0.2) is 4.98 Å². The largest absolute Gasteiger partial charge is 0.253 e. The maximum absolute atomic E-state index is 13.3. The predicted molar refractivity (Wildman–Crippen MR) is 54.6 cm³/mol. The Kier molecular flexibility index (Phi) is 2.46. The van der Waals surface area contributed by atoms with Gasteiger partial charge in [-0.1, -0.05) is 23.7 Å². The Balaban J connectivity index is 2.50. The molecule has 70 valence electrons. The molecule has 0 aliphatic rings. The van der Waals surface area contributed by atoms with Crippen molar-refractivity contribution in [1.82, 2.24) is 4.98 Å². The highest BCUT2D eigenvalue weighted by Crippen LogP contribution is 2.21. The zero-order chi connectivity index (χ0) is 9.97. The maximum Gasteiger partial charge on any atom is 0.149 e. The molecule has 0 aliphatic carbocycles. The third-order valence-electron chi connectivity index (χ3n) is 1.88. The lowest BCUT2D eigenvalue weighted by Crippen LogP contribution is -1.87. The van der Waals surface area contributed by atoms with Gasteiger partial charge in [0.15, 0.2) is 0 Å². The number of hydrogen-bond donors (Lipinski definition) is 0. The Labute approximate surface area is 86.2 Å². The molecule has 0 radical (unpaired) electrons. The van der Waals surface area contributed by atoms with Crippen LogP contribution in [0.15, 0.2) is 42.6 Å². The van der Waals surface area contributed by atoms with E-state index in [1.54, 1.807) is 36.5 Å². The van der Waals surface area contributed by atoms with E-state index < -0.39 is 0 Å². The Bertz CT molecular complexity index is 439. The molecular weight excluding hydrogens is 201 g/mol. The van der Waals surface area contributed by atoms with Gasteiger partial charge in [0.1, 0.15) is 11.5 Å². The molecule has 0 fully saturated rings. The van der Waals surface area contributed by atoms with E-state index in [1.807, 2.05) is 0 Å². The van der Waals surface area contributed by atoms with Crippen molar-refractivity contribution in [2.24, 2.45) is 0 Å². The molecule has 0 spiro atoms. The van der Waals surface area contributed by atoms with Gasteiger partial charge < -0.3 is 0 Å². The number of rotatable bonds is 1. The number of hydrogen-bond acceptors (Lipinski definition) is 1. The van der Waals surface area contributed by atoms with Crippen LogP contribution in [0.25, 0.3) is 11.3 Å². The summed E-state index contributed by atoms with van der Waals surface area (Å²) >= 11 is 5.72. The van der Waals surface area contributed by atoms with Gasteiger partial charge in [-0.05, 0) is 24.3 Å². The summed E-state index contributed by atoms with van der Waals surface area (Å²) in [5.74, 6) is -0.324. The van der Waals surface area contributed by atoms with Crippen LogP contribution < -0.4 is 0 Å². The fourth-order valence-electron chi connectivity index (χ4n) is 1.21. The highest BCUT2D eigenvalue weighted by atomic mass is 35.5. The minimum Gasteiger partial charge on any atom is -0.253 e. The first-order valence-electron chi connectivity index (χ1n) is 4.14. The zero-order valence-corrected chi connectivity index (χ0v) is 8.00. The first-order valence-corrected chi connectivity index (χ1v) is 4.51. The van der Waals surface area contributed by atoms with E-state index in [9.17, 15) is 4.39 Å². The molecule has 14 heavy (non-hydrogen) atoms. The molecule has 2 aromatic rings. The Morgan fingerprint density at radius 3 is 2.43 bits per heavy atom. The molecular formula is C11H7ClFN. The molecule has 0 unspecified atom stereocenters. The fourth-order valence-corrected chi connectivity index (χ4v) is 1.33. The third-order valence-corrected chi connectivity index (χ3v) is 2.13. The van der Waals surface area contributed by atoms with Gasteiger partial charge in [-0.15, -0.1) is 0 Å². The molecule has 2 rings (SSSR count). The lowest BCUT2D eigenvalue weighted by Gasteiger charge is -2.01. The van der Waals surface area contributed by atoms with E-state index in [0.29, 0.717) is 10.7 Å². The van der Waals surface area contributed by atoms with Crippen LogP contribution in [0.2, 0.25) is 5.02 Å². The highest BCUT2D eigenvalue weighted by Gasteiger charge is 2.04. The van der Waals surface area contributed by atoms with E-state index in [4.69, 9.17) is 11.6 Å². The second-order valence-corrected chi connectivity index (χ2v) is 3.28. The van der Waals surface area contributed by atoms with Gasteiger partial charge in [0.05, 0.1) is 0 Å². The van der Waals surface area contributed by atoms with Crippen molar-refractivity contribution in [2.75, 3.05) is 0 Å². The van der Waals surface area contributed by atoms with Gasteiger partial charge in [-0.25, -0.2) is 4.39 Å². The highest BCUT2D eigenvalue weighted by molar-refractivity contribution is 6.30. The van der Waals surface area contributed by atoms with Gasteiger partial charge in [0, 0.05) is 16.8 Å². The number of pyridine rings is 1. The number of halogens is 2. The summed E-state index contributed by atoms with van der Waals surface area (Å²) in [5.41, 5.74) is 1.08. The average Bonchev–Trinajstić information content (AvgIpc) is 2.20. The van der Waals surface area contributed by atoms with Crippen molar-refractivity contribution in [1.29, 1.82) is 0 Å². The van der Waals surface area contributed by atoms with E-state index in [-0.39, 0.29) is 5.82 Å². The van der Waals surface area contributed by atoms with Crippen molar-refractivity contribution < 1.29 is 4.39 Å². The molecule has 1 nitrogen and oxygen atoms in total. The predicted octanol–water partition coefficient (Wildman–Crippen LogP) is 3.54.